The van der Waals surface area contributed by atoms with E-state index in [1.165, 1.54) is 20.8 Å². The maximum atomic E-state index is 11.0. The van der Waals surface area contributed by atoms with Crippen LogP contribution >= 0.6 is 0 Å². The second-order valence-electron chi connectivity index (χ2n) is 3.90. The van der Waals surface area contributed by atoms with Crippen LogP contribution in [0.15, 0.2) is 0 Å². The summed E-state index contributed by atoms with van der Waals surface area (Å²) in [5.41, 5.74) is 0. The lowest BCUT2D eigenvalue weighted by Crippen LogP contribution is -2.39. The number of rotatable bonds is 4. The summed E-state index contributed by atoms with van der Waals surface area (Å²) in [6, 6.07) is 0. The summed E-state index contributed by atoms with van der Waals surface area (Å²) in [5.74, 6) is -1.47. The maximum Gasteiger partial charge on any atom is 0.303 e. The fraction of sp³-hybridized carbons (Fsp3) is 0.727. The standard InChI is InChI=1S/C11H16O7/c1-6(12)15-4-9-11(18-8(3)14)10(5-16-9)17-7(2)13/h9-11H,4-5H2,1-3H3/t9?,10-,11+/m0/s1. The predicted molar refractivity (Wildman–Crippen MR) is 57.5 cm³/mol. The van der Waals surface area contributed by atoms with E-state index in [0.29, 0.717) is 0 Å². The van der Waals surface area contributed by atoms with E-state index in [0.717, 1.165) is 0 Å². The molecule has 3 atom stereocenters. The molecule has 0 spiro atoms. The Balaban J connectivity index is 2.63. The van der Waals surface area contributed by atoms with Crippen molar-refractivity contribution in [1.82, 2.24) is 0 Å². The minimum Gasteiger partial charge on any atom is -0.463 e. The summed E-state index contributed by atoms with van der Waals surface area (Å²) in [5, 5.41) is 0. The van der Waals surface area contributed by atoms with Gasteiger partial charge < -0.3 is 18.9 Å². The molecule has 1 unspecified atom stereocenters. The van der Waals surface area contributed by atoms with Crippen LogP contribution in [0.25, 0.3) is 0 Å². The Hall–Kier alpha value is -1.63. The van der Waals surface area contributed by atoms with Gasteiger partial charge in [0.2, 0.25) is 0 Å². The zero-order valence-electron chi connectivity index (χ0n) is 10.5. The van der Waals surface area contributed by atoms with Gasteiger partial charge in [-0.3, -0.25) is 14.4 Å². The average Bonchev–Trinajstić information content (AvgIpc) is 2.57. The SMILES string of the molecule is CC(=O)OCC1OC[C@H](OC(C)=O)[C@@H]1OC(C)=O. The van der Waals surface area contributed by atoms with Gasteiger partial charge in [-0.15, -0.1) is 0 Å². The van der Waals surface area contributed by atoms with E-state index in [9.17, 15) is 14.4 Å². The summed E-state index contributed by atoms with van der Waals surface area (Å²) >= 11 is 0. The third-order valence-corrected chi connectivity index (χ3v) is 2.28. The molecule has 102 valence electrons. The summed E-state index contributed by atoms with van der Waals surface area (Å²) < 4.78 is 20.1. The van der Waals surface area contributed by atoms with Gasteiger partial charge in [0, 0.05) is 20.8 Å². The number of hydrogen-bond donors (Lipinski definition) is 0. The average molecular weight is 260 g/mol. The molecular weight excluding hydrogens is 244 g/mol. The lowest BCUT2D eigenvalue weighted by molar-refractivity contribution is -0.165. The van der Waals surface area contributed by atoms with Crippen LogP contribution in [0, 0.1) is 0 Å². The van der Waals surface area contributed by atoms with Gasteiger partial charge >= 0.3 is 17.9 Å². The van der Waals surface area contributed by atoms with Gasteiger partial charge in [0.1, 0.15) is 12.7 Å². The van der Waals surface area contributed by atoms with E-state index in [1.807, 2.05) is 0 Å². The van der Waals surface area contributed by atoms with E-state index in [1.54, 1.807) is 0 Å². The first kappa shape index (κ1) is 14.4. The van der Waals surface area contributed by atoms with Crippen LogP contribution < -0.4 is 0 Å². The highest BCUT2D eigenvalue weighted by Gasteiger charge is 2.42. The second kappa shape index (κ2) is 6.34. The molecule has 18 heavy (non-hydrogen) atoms. The highest BCUT2D eigenvalue weighted by Crippen LogP contribution is 2.21. The van der Waals surface area contributed by atoms with Crippen molar-refractivity contribution in [2.45, 2.75) is 39.1 Å². The summed E-state index contributed by atoms with van der Waals surface area (Å²) in [6.07, 6.45) is -2.06. The number of carbonyl (C=O) groups excluding carboxylic acids is 3. The molecule has 1 rings (SSSR count). The molecule has 0 aromatic heterocycles. The fourth-order valence-corrected chi connectivity index (χ4v) is 1.65. The lowest BCUT2D eigenvalue weighted by Gasteiger charge is -2.21. The van der Waals surface area contributed by atoms with Gasteiger partial charge in [-0.05, 0) is 0 Å². The Bertz CT molecular complexity index is 338. The van der Waals surface area contributed by atoms with Gasteiger partial charge in [-0.1, -0.05) is 0 Å². The molecule has 1 aliphatic rings. The van der Waals surface area contributed by atoms with E-state index < -0.39 is 36.2 Å². The molecular formula is C11H16O7. The number of ether oxygens (including phenoxy) is 4. The van der Waals surface area contributed by atoms with Gasteiger partial charge in [0.05, 0.1) is 6.61 Å². The highest BCUT2D eigenvalue weighted by atomic mass is 16.6. The molecule has 0 aromatic rings. The summed E-state index contributed by atoms with van der Waals surface area (Å²) in [6.45, 7) is 3.81. The van der Waals surface area contributed by atoms with E-state index in [4.69, 9.17) is 18.9 Å². The quantitative estimate of drug-likeness (QED) is 0.511. The van der Waals surface area contributed by atoms with Gasteiger partial charge in [0.15, 0.2) is 12.2 Å². The van der Waals surface area contributed by atoms with Crippen LogP contribution in [0.4, 0.5) is 0 Å². The van der Waals surface area contributed by atoms with Crippen molar-refractivity contribution in [2.24, 2.45) is 0 Å². The van der Waals surface area contributed by atoms with Crippen LogP contribution in [0.3, 0.4) is 0 Å². The van der Waals surface area contributed by atoms with Crippen molar-refractivity contribution in [1.29, 1.82) is 0 Å². The minimum atomic E-state index is -0.759. The monoisotopic (exact) mass is 260 g/mol. The van der Waals surface area contributed by atoms with E-state index >= 15 is 0 Å². The first-order valence-corrected chi connectivity index (χ1v) is 5.49. The van der Waals surface area contributed by atoms with E-state index in [2.05, 4.69) is 0 Å². The number of hydrogen-bond acceptors (Lipinski definition) is 7. The van der Waals surface area contributed by atoms with Crippen molar-refractivity contribution >= 4 is 17.9 Å². The molecule has 0 amide bonds. The molecule has 0 radical (unpaired) electrons. The van der Waals surface area contributed by atoms with Crippen molar-refractivity contribution in [3.05, 3.63) is 0 Å². The Morgan fingerprint density at radius 1 is 1.06 bits per heavy atom. The molecule has 1 heterocycles. The van der Waals surface area contributed by atoms with Crippen molar-refractivity contribution < 1.29 is 33.3 Å². The normalized spacial score (nSPS) is 26.5. The van der Waals surface area contributed by atoms with Crippen molar-refractivity contribution in [3.8, 4) is 0 Å². The molecule has 1 fully saturated rings. The Labute approximate surface area is 104 Å². The Kier molecular flexibility index (Phi) is 5.08. The third-order valence-electron chi connectivity index (χ3n) is 2.28. The molecule has 0 aliphatic carbocycles. The smallest absolute Gasteiger partial charge is 0.303 e. The summed E-state index contributed by atoms with van der Waals surface area (Å²) in [7, 11) is 0. The first-order chi connectivity index (χ1) is 8.40. The van der Waals surface area contributed by atoms with Gasteiger partial charge in [-0.25, -0.2) is 0 Å². The molecule has 1 aliphatic heterocycles. The Morgan fingerprint density at radius 3 is 2.17 bits per heavy atom. The molecule has 1 saturated heterocycles. The molecule has 0 saturated carbocycles. The van der Waals surface area contributed by atoms with Crippen LogP contribution in [-0.4, -0.2) is 49.4 Å². The zero-order chi connectivity index (χ0) is 13.7. The predicted octanol–water partition coefficient (Wildman–Crippen LogP) is -0.188. The number of carbonyl (C=O) groups is 3. The molecule has 7 nitrogen and oxygen atoms in total. The van der Waals surface area contributed by atoms with Crippen LogP contribution in [0.5, 0.6) is 0 Å². The topological polar surface area (TPSA) is 88.1 Å². The largest absolute Gasteiger partial charge is 0.463 e. The molecule has 7 heteroatoms. The number of esters is 3. The maximum absolute atomic E-state index is 11.0. The van der Waals surface area contributed by atoms with Crippen molar-refractivity contribution in [2.75, 3.05) is 13.2 Å². The Morgan fingerprint density at radius 2 is 1.67 bits per heavy atom. The van der Waals surface area contributed by atoms with E-state index in [-0.39, 0.29) is 13.2 Å². The fourth-order valence-electron chi connectivity index (χ4n) is 1.65. The molecule has 0 bridgehead atoms. The van der Waals surface area contributed by atoms with Crippen molar-refractivity contribution in [3.63, 3.8) is 0 Å². The lowest BCUT2D eigenvalue weighted by atomic mass is 10.1. The first-order valence-electron chi connectivity index (χ1n) is 5.49. The molecule has 0 aromatic carbocycles. The third kappa shape index (κ3) is 4.33. The second-order valence-corrected chi connectivity index (χ2v) is 3.90. The van der Waals surface area contributed by atoms with Gasteiger partial charge in [-0.2, -0.15) is 0 Å². The molecule has 0 N–H and O–H groups in total. The summed E-state index contributed by atoms with van der Waals surface area (Å²) in [4.78, 5) is 32.6. The van der Waals surface area contributed by atoms with Crippen LogP contribution in [-0.2, 0) is 33.3 Å². The van der Waals surface area contributed by atoms with Crippen LogP contribution in [0.1, 0.15) is 20.8 Å². The van der Waals surface area contributed by atoms with Crippen LogP contribution in [0.2, 0.25) is 0 Å². The van der Waals surface area contributed by atoms with Gasteiger partial charge in [0.25, 0.3) is 0 Å². The highest BCUT2D eigenvalue weighted by molar-refractivity contribution is 5.67. The minimum absolute atomic E-state index is 0.0506. The zero-order valence-corrected chi connectivity index (χ0v) is 10.5.